The van der Waals surface area contributed by atoms with Gasteiger partial charge in [-0.2, -0.15) is 0 Å². The Bertz CT molecular complexity index is 597. The second-order valence-electron chi connectivity index (χ2n) is 5.33. The Morgan fingerprint density at radius 1 is 1.11 bits per heavy atom. The van der Waals surface area contributed by atoms with E-state index in [-0.39, 0.29) is 5.78 Å². The molecule has 0 saturated heterocycles. The zero-order chi connectivity index (χ0) is 13.2. The lowest BCUT2D eigenvalue weighted by Crippen LogP contribution is -2.09. The summed E-state index contributed by atoms with van der Waals surface area (Å²) in [5.74, 6) is 0.765. The highest BCUT2D eigenvalue weighted by atomic mass is 16.1. The highest BCUT2D eigenvalue weighted by Gasteiger charge is 2.19. The molecule has 3 rings (SSSR count). The summed E-state index contributed by atoms with van der Waals surface area (Å²) in [6.45, 7) is 1.95. The average Bonchev–Trinajstić information content (AvgIpc) is 2.37. The molecule has 0 bridgehead atoms. The van der Waals surface area contributed by atoms with Crippen LogP contribution in [0.4, 0.5) is 0 Å². The molecule has 0 spiro atoms. The Kier molecular flexibility index (Phi) is 3.16. The molecule has 0 N–H and O–H groups in total. The van der Waals surface area contributed by atoms with Crippen LogP contribution in [0, 0.1) is 6.92 Å². The molecule has 1 saturated carbocycles. The van der Waals surface area contributed by atoms with Gasteiger partial charge in [0, 0.05) is 23.5 Å². The topological polar surface area (TPSA) is 30.0 Å². The molecule has 96 valence electrons. The van der Waals surface area contributed by atoms with Gasteiger partial charge in [-0.3, -0.25) is 9.78 Å². The molecule has 1 fully saturated rings. The molecule has 0 radical (unpaired) electrons. The lowest BCUT2D eigenvalue weighted by Gasteiger charge is -2.25. The van der Waals surface area contributed by atoms with Gasteiger partial charge in [-0.05, 0) is 42.9 Å². The number of pyridine rings is 1. The van der Waals surface area contributed by atoms with E-state index in [0.717, 1.165) is 11.1 Å². The highest BCUT2D eigenvalue weighted by molar-refractivity contribution is 6.08. The fourth-order valence-corrected chi connectivity index (χ4v) is 2.49. The molecule has 2 heteroatoms. The van der Waals surface area contributed by atoms with Crippen molar-refractivity contribution in [2.24, 2.45) is 0 Å². The molecule has 0 unspecified atom stereocenters. The van der Waals surface area contributed by atoms with Crippen LogP contribution >= 0.6 is 0 Å². The third-order valence-corrected chi connectivity index (χ3v) is 3.89. The van der Waals surface area contributed by atoms with E-state index < -0.39 is 0 Å². The number of ketones is 1. The summed E-state index contributed by atoms with van der Waals surface area (Å²) in [6, 6.07) is 9.96. The maximum atomic E-state index is 12.3. The highest BCUT2D eigenvalue weighted by Crippen LogP contribution is 2.36. The number of hydrogen-bond acceptors (Lipinski definition) is 2. The Morgan fingerprint density at radius 3 is 2.42 bits per heavy atom. The third-order valence-electron chi connectivity index (χ3n) is 3.89. The molecule has 1 aromatic carbocycles. The van der Waals surface area contributed by atoms with Crippen LogP contribution in [0.1, 0.15) is 52.2 Å². The molecule has 0 amide bonds. The largest absolute Gasteiger partial charge is 0.289 e. The Hall–Kier alpha value is -1.96. The number of hydrogen-bond donors (Lipinski definition) is 0. The molecule has 1 aliphatic rings. The van der Waals surface area contributed by atoms with Crippen LogP contribution in [0.15, 0.2) is 42.7 Å². The van der Waals surface area contributed by atoms with Crippen molar-refractivity contribution in [3.63, 3.8) is 0 Å². The van der Waals surface area contributed by atoms with Gasteiger partial charge in [-0.1, -0.05) is 30.7 Å². The molecule has 2 nitrogen and oxygen atoms in total. The molecule has 1 heterocycles. The van der Waals surface area contributed by atoms with Crippen LogP contribution in [0.3, 0.4) is 0 Å². The van der Waals surface area contributed by atoms with Gasteiger partial charge >= 0.3 is 0 Å². The Balaban J connectivity index is 1.83. The SMILES string of the molecule is Cc1cncc(C(=O)c2ccc(C3CCC3)cc2)c1. The first kappa shape index (κ1) is 12.1. The van der Waals surface area contributed by atoms with Crippen LogP contribution in [0.2, 0.25) is 0 Å². The third kappa shape index (κ3) is 2.43. The Labute approximate surface area is 113 Å². The van der Waals surface area contributed by atoms with Gasteiger partial charge < -0.3 is 0 Å². The van der Waals surface area contributed by atoms with E-state index in [1.54, 1.807) is 12.4 Å². The standard InChI is InChI=1S/C17H17NO/c1-12-9-16(11-18-10-12)17(19)15-7-5-14(6-8-15)13-3-2-4-13/h5-11,13H,2-4H2,1H3. The van der Waals surface area contributed by atoms with Crippen molar-refractivity contribution in [3.05, 3.63) is 65.0 Å². The first-order chi connectivity index (χ1) is 9.24. The van der Waals surface area contributed by atoms with E-state index in [1.165, 1.54) is 24.8 Å². The fourth-order valence-electron chi connectivity index (χ4n) is 2.49. The van der Waals surface area contributed by atoms with Gasteiger partial charge in [0.05, 0.1) is 0 Å². The van der Waals surface area contributed by atoms with Crippen molar-refractivity contribution in [1.29, 1.82) is 0 Å². The van der Waals surface area contributed by atoms with E-state index in [0.29, 0.717) is 11.5 Å². The number of carbonyl (C=O) groups excluding carboxylic acids is 1. The van der Waals surface area contributed by atoms with Crippen LogP contribution in [0.25, 0.3) is 0 Å². The van der Waals surface area contributed by atoms with Crippen molar-refractivity contribution in [2.45, 2.75) is 32.1 Å². The predicted molar refractivity (Wildman–Crippen MR) is 75.4 cm³/mol. The molecular formula is C17H17NO. The molecule has 19 heavy (non-hydrogen) atoms. The summed E-state index contributed by atoms with van der Waals surface area (Å²) < 4.78 is 0. The number of aryl methyl sites for hydroxylation is 1. The number of carbonyl (C=O) groups is 1. The number of nitrogens with zero attached hydrogens (tertiary/aromatic N) is 1. The summed E-state index contributed by atoms with van der Waals surface area (Å²) in [6.07, 6.45) is 7.30. The number of aromatic nitrogens is 1. The van der Waals surface area contributed by atoms with Crippen LogP contribution < -0.4 is 0 Å². The lowest BCUT2D eigenvalue weighted by molar-refractivity contribution is 0.103. The summed E-state index contributed by atoms with van der Waals surface area (Å²) >= 11 is 0. The van der Waals surface area contributed by atoms with Crippen molar-refractivity contribution in [2.75, 3.05) is 0 Å². The number of rotatable bonds is 3. The molecule has 2 aromatic rings. The first-order valence-corrected chi connectivity index (χ1v) is 6.80. The monoisotopic (exact) mass is 251 g/mol. The van der Waals surface area contributed by atoms with E-state index in [2.05, 4.69) is 17.1 Å². The van der Waals surface area contributed by atoms with Gasteiger partial charge in [0.2, 0.25) is 0 Å². The maximum Gasteiger partial charge on any atom is 0.194 e. The van der Waals surface area contributed by atoms with E-state index in [4.69, 9.17) is 0 Å². The van der Waals surface area contributed by atoms with Crippen molar-refractivity contribution in [1.82, 2.24) is 4.98 Å². The summed E-state index contributed by atoms with van der Waals surface area (Å²) in [4.78, 5) is 16.4. The van der Waals surface area contributed by atoms with E-state index >= 15 is 0 Å². The van der Waals surface area contributed by atoms with Gasteiger partial charge in [0.15, 0.2) is 5.78 Å². The molecular weight excluding hydrogens is 234 g/mol. The minimum Gasteiger partial charge on any atom is -0.289 e. The molecule has 1 aromatic heterocycles. The van der Waals surface area contributed by atoms with Crippen molar-refractivity contribution >= 4 is 5.78 Å². The van der Waals surface area contributed by atoms with Gasteiger partial charge in [-0.15, -0.1) is 0 Å². The molecule has 1 aliphatic carbocycles. The summed E-state index contributed by atoms with van der Waals surface area (Å²) in [5.41, 5.74) is 3.79. The van der Waals surface area contributed by atoms with Crippen molar-refractivity contribution in [3.8, 4) is 0 Å². The Morgan fingerprint density at radius 2 is 1.84 bits per heavy atom. The number of benzene rings is 1. The second-order valence-corrected chi connectivity index (χ2v) is 5.33. The van der Waals surface area contributed by atoms with Crippen LogP contribution in [-0.2, 0) is 0 Å². The summed E-state index contributed by atoms with van der Waals surface area (Å²) in [7, 11) is 0. The molecule has 0 aliphatic heterocycles. The van der Waals surface area contributed by atoms with Crippen LogP contribution in [-0.4, -0.2) is 10.8 Å². The van der Waals surface area contributed by atoms with Crippen LogP contribution in [0.5, 0.6) is 0 Å². The van der Waals surface area contributed by atoms with E-state index in [1.807, 2.05) is 25.1 Å². The average molecular weight is 251 g/mol. The lowest BCUT2D eigenvalue weighted by atomic mass is 9.80. The normalized spacial score (nSPS) is 15.0. The van der Waals surface area contributed by atoms with Gasteiger partial charge in [0.1, 0.15) is 0 Å². The minimum atomic E-state index is 0.0522. The smallest absolute Gasteiger partial charge is 0.194 e. The van der Waals surface area contributed by atoms with Gasteiger partial charge in [-0.25, -0.2) is 0 Å². The second kappa shape index (κ2) is 4.96. The maximum absolute atomic E-state index is 12.3. The molecule has 0 atom stereocenters. The zero-order valence-corrected chi connectivity index (χ0v) is 11.1. The first-order valence-electron chi connectivity index (χ1n) is 6.80. The van der Waals surface area contributed by atoms with Crippen molar-refractivity contribution < 1.29 is 4.79 Å². The minimum absolute atomic E-state index is 0.0522. The zero-order valence-electron chi connectivity index (χ0n) is 11.1. The van der Waals surface area contributed by atoms with E-state index in [9.17, 15) is 4.79 Å². The fraction of sp³-hybridized carbons (Fsp3) is 0.294. The quantitative estimate of drug-likeness (QED) is 0.775. The van der Waals surface area contributed by atoms with Gasteiger partial charge in [0.25, 0.3) is 0 Å². The predicted octanol–water partition coefficient (Wildman–Crippen LogP) is 3.89. The summed E-state index contributed by atoms with van der Waals surface area (Å²) in [5, 5.41) is 0.